The van der Waals surface area contributed by atoms with Crippen LogP contribution in [0.15, 0.2) is 134 Å². The summed E-state index contributed by atoms with van der Waals surface area (Å²) in [4.78, 5) is 9.79. The summed E-state index contributed by atoms with van der Waals surface area (Å²) in [5.74, 6) is 0.684. The molecule has 0 saturated carbocycles. The van der Waals surface area contributed by atoms with Crippen molar-refractivity contribution in [2.45, 2.75) is 0 Å². The van der Waals surface area contributed by atoms with E-state index in [1.807, 2.05) is 24.4 Å². The summed E-state index contributed by atoms with van der Waals surface area (Å²) >= 11 is 0. The van der Waals surface area contributed by atoms with Gasteiger partial charge in [0.25, 0.3) is 0 Å². The zero-order valence-electron chi connectivity index (χ0n) is 21.5. The first kappa shape index (κ1) is 21.5. The van der Waals surface area contributed by atoms with E-state index in [-0.39, 0.29) is 0 Å². The molecular formula is C36H22N4. The molecule has 0 atom stereocenters. The van der Waals surface area contributed by atoms with Crippen molar-refractivity contribution >= 4 is 65.3 Å². The Bertz CT molecular complexity index is 2430. The van der Waals surface area contributed by atoms with E-state index in [1.54, 1.807) is 0 Å². The van der Waals surface area contributed by atoms with E-state index in [4.69, 9.17) is 9.97 Å². The highest BCUT2D eigenvalue weighted by molar-refractivity contribution is 6.18. The van der Waals surface area contributed by atoms with Crippen LogP contribution in [0.3, 0.4) is 0 Å². The van der Waals surface area contributed by atoms with Crippen molar-refractivity contribution in [3.63, 3.8) is 0 Å². The molecule has 0 radical (unpaired) electrons. The Morgan fingerprint density at radius 1 is 0.425 bits per heavy atom. The van der Waals surface area contributed by atoms with E-state index in [0.717, 1.165) is 27.6 Å². The molecule has 0 unspecified atom stereocenters. The van der Waals surface area contributed by atoms with Gasteiger partial charge in [-0.05, 0) is 65.4 Å². The topological polar surface area (TPSA) is 35.6 Å². The van der Waals surface area contributed by atoms with Crippen molar-refractivity contribution in [3.05, 3.63) is 134 Å². The van der Waals surface area contributed by atoms with Crippen LogP contribution in [0.5, 0.6) is 0 Å². The van der Waals surface area contributed by atoms with Gasteiger partial charge < -0.3 is 4.57 Å². The lowest BCUT2D eigenvalue weighted by Gasteiger charge is -2.09. The molecule has 40 heavy (non-hydrogen) atoms. The zero-order chi connectivity index (χ0) is 26.2. The van der Waals surface area contributed by atoms with Gasteiger partial charge in [-0.15, -0.1) is 0 Å². The SMILES string of the molecule is c1ccc(-n2c3ccccc3c3cc4cc5c6ccccc6n(-c6ncc7ccccc7n6)c5cc4cc32)cc1. The third kappa shape index (κ3) is 2.96. The van der Waals surface area contributed by atoms with Gasteiger partial charge in [0.15, 0.2) is 0 Å². The third-order valence-electron chi connectivity index (χ3n) is 8.11. The molecule has 0 saturated heterocycles. The Balaban J connectivity index is 1.40. The van der Waals surface area contributed by atoms with Crippen molar-refractivity contribution < 1.29 is 0 Å². The standard InChI is InChI=1S/C36H22N4/c1-2-11-26(12-3-1)39-32-16-8-5-13-27(32)29-18-24-19-30-28-14-6-9-17-33(28)40(35(30)21-25(24)20-34(29)39)36-37-22-23-10-4-7-15-31(23)38-36/h1-22H. The van der Waals surface area contributed by atoms with E-state index in [2.05, 4.69) is 118 Å². The highest BCUT2D eigenvalue weighted by Crippen LogP contribution is 2.38. The summed E-state index contributed by atoms with van der Waals surface area (Å²) in [6, 6.07) is 45.3. The van der Waals surface area contributed by atoms with Gasteiger partial charge in [0, 0.05) is 38.8 Å². The summed E-state index contributed by atoms with van der Waals surface area (Å²) in [5, 5.41) is 8.36. The first-order chi connectivity index (χ1) is 19.8. The fourth-order valence-corrected chi connectivity index (χ4v) is 6.32. The molecule has 9 aromatic rings. The summed E-state index contributed by atoms with van der Waals surface area (Å²) in [5.41, 5.74) is 6.71. The zero-order valence-corrected chi connectivity index (χ0v) is 21.5. The van der Waals surface area contributed by atoms with Gasteiger partial charge in [-0.2, -0.15) is 0 Å². The second-order valence-electron chi connectivity index (χ2n) is 10.4. The molecule has 3 heterocycles. The van der Waals surface area contributed by atoms with Gasteiger partial charge >= 0.3 is 0 Å². The summed E-state index contributed by atoms with van der Waals surface area (Å²) in [6.07, 6.45) is 1.92. The minimum absolute atomic E-state index is 0.684. The van der Waals surface area contributed by atoms with E-state index in [1.165, 1.54) is 43.4 Å². The maximum atomic E-state index is 4.98. The van der Waals surface area contributed by atoms with Crippen LogP contribution < -0.4 is 0 Å². The van der Waals surface area contributed by atoms with Crippen LogP contribution in [0.25, 0.3) is 76.9 Å². The van der Waals surface area contributed by atoms with Crippen molar-refractivity contribution in [3.8, 4) is 11.6 Å². The predicted molar refractivity (Wildman–Crippen MR) is 166 cm³/mol. The van der Waals surface area contributed by atoms with Crippen molar-refractivity contribution in [2.75, 3.05) is 0 Å². The van der Waals surface area contributed by atoms with Gasteiger partial charge in [0.1, 0.15) is 0 Å². The van der Waals surface area contributed by atoms with Crippen molar-refractivity contribution in [1.82, 2.24) is 19.1 Å². The number of benzene rings is 6. The smallest absolute Gasteiger partial charge is 0.235 e. The molecule has 0 amide bonds. The van der Waals surface area contributed by atoms with E-state index >= 15 is 0 Å². The van der Waals surface area contributed by atoms with E-state index < -0.39 is 0 Å². The van der Waals surface area contributed by atoms with Crippen LogP contribution in [-0.4, -0.2) is 19.1 Å². The number of fused-ring (bicyclic) bond motifs is 8. The minimum atomic E-state index is 0.684. The highest BCUT2D eigenvalue weighted by atomic mass is 15.2. The Kier molecular flexibility index (Phi) is 4.30. The number of nitrogens with zero attached hydrogens (tertiary/aromatic N) is 4. The normalized spacial score (nSPS) is 12.0. The fraction of sp³-hybridized carbons (Fsp3) is 0. The average molecular weight is 511 g/mol. The third-order valence-corrected chi connectivity index (χ3v) is 8.11. The minimum Gasteiger partial charge on any atom is -0.309 e. The molecule has 0 bridgehead atoms. The Morgan fingerprint density at radius 2 is 1.00 bits per heavy atom. The molecule has 0 aliphatic carbocycles. The summed E-state index contributed by atoms with van der Waals surface area (Å²) < 4.78 is 4.57. The predicted octanol–water partition coefficient (Wildman–Crippen LogP) is 8.98. The maximum Gasteiger partial charge on any atom is 0.235 e. The second kappa shape index (κ2) is 8.01. The van der Waals surface area contributed by atoms with Crippen LogP contribution in [-0.2, 0) is 0 Å². The van der Waals surface area contributed by atoms with Gasteiger partial charge in [0.05, 0.1) is 27.6 Å². The largest absolute Gasteiger partial charge is 0.309 e. The number of rotatable bonds is 2. The number of aromatic nitrogens is 4. The van der Waals surface area contributed by atoms with Crippen LogP contribution in [0.4, 0.5) is 0 Å². The average Bonchev–Trinajstić information content (AvgIpc) is 3.51. The van der Waals surface area contributed by atoms with Gasteiger partial charge in [0.2, 0.25) is 5.95 Å². The Hall–Kier alpha value is -5.48. The molecule has 4 nitrogen and oxygen atoms in total. The van der Waals surface area contributed by atoms with Crippen molar-refractivity contribution in [2.24, 2.45) is 0 Å². The Morgan fingerprint density at radius 3 is 1.75 bits per heavy atom. The highest BCUT2D eigenvalue weighted by Gasteiger charge is 2.17. The van der Waals surface area contributed by atoms with Gasteiger partial charge in [-0.25, -0.2) is 9.97 Å². The van der Waals surface area contributed by atoms with Crippen LogP contribution in [0.2, 0.25) is 0 Å². The second-order valence-corrected chi connectivity index (χ2v) is 10.4. The van der Waals surface area contributed by atoms with Gasteiger partial charge in [-0.1, -0.05) is 72.8 Å². The number of hydrogen-bond donors (Lipinski definition) is 0. The monoisotopic (exact) mass is 510 g/mol. The summed E-state index contributed by atoms with van der Waals surface area (Å²) in [6.45, 7) is 0. The molecule has 9 rings (SSSR count). The molecule has 0 spiro atoms. The first-order valence-electron chi connectivity index (χ1n) is 13.5. The first-order valence-corrected chi connectivity index (χ1v) is 13.5. The molecule has 0 N–H and O–H groups in total. The van der Waals surface area contributed by atoms with Crippen LogP contribution in [0.1, 0.15) is 0 Å². The molecule has 0 aliphatic rings. The maximum absolute atomic E-state index is 4.98. The molecule has 6 aromatic carbocycles. The van der Waals surface area contributed by atoms with Crippen LogP contribution in [0, 0.1) is 0 Å². The van der Waals surface area contributed by atoms with Crippen molar-refractivity contribution in [1.29, 1.82) is 0 Å². The lowest BCUT2D eigenvalue weighted by Crippen LogP contribution is -2.00. The number of hydrogen-bond acceptors (Lipinski definition) is 2. The number of para-hydroxylation sites is 4. The Labute approximate surface area is 229 Å². The van der Waals surface area contributed by atoms with E-state index in [0.29, 0.717) is 5.95 Å². The molecule has 0 fully saturated rings. The molecule has 3 aromatic heterocycles. The molecule has 0 aliphatic heterocycles. The quantitative estimate of drug-likeness (QED) is 0.233. The van der Waals surface area contributed by atoms with Gasteiger partial charge in [-0.3, -0.25) is 4.57 Å². The van der Waals surface area contributed by atoms with Crippen LogP contribution >= 0.6 is 0 Å². The molecular weight excluding hydrogens is 488 g/mol. The lowest BCUT2D eigenvalue weighted by atomic mass is 10.0. The molecule has 4 heteroatoms. The van der Waals surface area contributed by atoms with E-state index in [9.17, 15) is 0 Å². The lowest BCUT2D eigenvalue weighted by molar-refractivity contribution is 1.01. The summed E-state index contributed by atoms with van der Waals surface area (Å²) in [7, 11) is 0. The molecule has 186 valence electrons. The fourth-order valence-electron chi connectivity index (χ4n) is 6.32.